The molecule has 0 spiro atoms. The van der Waals surface area contributed by atoms with Crippen LogP contribution in [0.1, 0.15) is 17.3 Å². The first-order valence-corrected chi connectivity index (χ1v) is 5.26. The van der Waals surface area contributed by atoms with Crippen LogP contribution in [0.25, 0.3) is 0 Å². The highest BCUT2D eigenvalue weighted by atomic mass is 16.5. The summed E-state index contributed by atoms with van der Waals surface area (Å²) in [5, 5.41) is 18.8. The molecule has 0 aliphatic carbocycles. The molecule has 1 atom stereocenters. The van der Waals surface area contributed by atoms with E-state index in [-0.39, 0.29) is 35.6 Å². The van der Waals surface area contributed by atoms with Crippen LogP contribution in [0.3, 0.4) is 0 Å². The Bertz CT molecular complexity index is 405. The predicted octanol–water partition coefficient (Wildman–Crippen LogP) is 0.854. The number of rotatable bonds is 4. The second-order valence-corrected chi connectivity index (χ2v) is 3.80. The molecule has 1 rings (SSSR count). The number of carbonyl (C=O) groups is 1. The minimum atomic E-state index is -0.358. The second kappa shape index (κ2) is 5.54. The van der Waals surface area contributed by atoms with E-state index in [1.165, 1.54) is 18.1 Å². The van der Waals surface area contributed by atoms with E-state index < -0.39 is 0 Å². The van der Waals surface area contributed by atoms with Gasteiger partial charge >= 0.3 is 0 Å². The SMILES string of the molecule is COc1cccc(C(=O)N(C)C(C)CO)c1O. The molecule has 0 saturated carbocycles. The minimum Gasteiger partial charge on any atom is -0.504 e. The highest BCUT2D eigenvalue weighted by Crippen LogP contribution is 2.30. The number of benzene rings is 1. The number of methoxy groups -OCH3 is 1. The average Bonchev–Trinajstić information content (AvgIpc) is 2.36. The Hall–Kier alpha value is -1.75. The number of carbonyl (C=O) groups excluding carboxylic acids is 1. The standard InChI is InChI=1S/C12H17NO4/c1-8(7-14)13(2)12(16)9-5-4-6-10(17-3)11(9)15/h4-6,8,14-15H,7H2,1-3H3. The molecular formula is C12H17NO4. The monoisotopic (exact) mass is 239 g/mol. The van der Waals surface area contributed by atoms with Crippen molar-refractivity contribution in [2.75, 3.05) is 20.8 Å². The highest BCUT2D eigenvalue weighted by Gasteiger charge is 2.21. The lowest BCUT2D eigenvalue weighted by Gasteiger charge is -2.23. The number of phenolic OH excluding ortho intramolecular Hbond substituents is 1. The first-order valence-electron chi connectivity index (χ1n) is 5.26. The van der Waals surface area contributed by atoms with Gasteiger partial charge in [-0.15, -0.1) is 0 Å². The van der Waals surface area contributed by atoms with Crippen LogP contribution in [-0.4, -0.2) is 47.8 Å². The fourth-order valence-corrected chi connectivity index (χ4v) is 1.37. The van der Waals surface area contributed by atoms with Crippen LogP contribution < -0.4 is 4.74 Å². The van der Waals surface area contributed by atoms with Crippen molar-refractivity contribution in [1.82, 2.24) is 4.90 Å². The van der Waals surface area contributed by atoms with Gasteiger partial charge in [-0.25, -0.2) is 0 Å². The highest BCUT2D eigenvalue weighted by molar-refractivity contribution is 5.97. The largest absolute Gasteiger partial charge is 0.504 e. The van der Waals surface area contributed by atoms with Gasteiger partial charge in [0, 0.05) is 7.05 Å². The van der Waals surface area contributed by atoms with E-state index in [2.05, 4.69) is 0 Å². The molecule has 0 fully saturated rings. The lowest BCUT2D eigenvalue weighted by molar-refractivity contribution is 0.0678. The second-order valence-electron chi connectivity index (χ2n) is 3.80. The van der Waals surface area contributed by atoms with Gasteiger partial charge < -0.3 is 19.8 Å². The van der Waals surface area contributed by atoms with Gasteiger partial charge in [0.05, 0.1) is 25.3 Å². The Morgan fingerprint density at radius 3 is 2.71 bits per heavy atom. The van der Waals surface area contributed by atoms with Crippen LogP contribution in [0.2, 0.25) is 0 Å². The molecule has 5 nitrogen and oxygen atoms in total. The number of aromatic hydroxyl groups is 1. The maximum Gasteiger partial charge on any atom is 0.257 e. The van der Waals surface area contributed by atoms with E-state index in [4.69, 9.17) is 9.84 Å². The Kier molecular flexibility index (Phi) is 4.34. The van der Waals surface area contributed by atoms with E-state index >= 15 is 0 Å². The maximum atomic E-state index is 12.0. The van der Waals surface area contributed by atoms with Gasteiger partial charge in [-0.2, -0.15) is 0 Å². The average molecular weight is 239 g/mol. The molecule has 5 heteroatoms. The van der Waals surface area contributed by atoms with Crippen molar-refractivity contribution in [3.05, 3.63) is 23.8 Å². The van der Waals surface area contributed by atoms with Crippen LogP contribution >= 0.6 is 0 Å². The van der Waals surface area contributed by atoms with E-state index in [1.807, 2.05) is 0 Å². The molecule has 0 heterocycles. The van der Waals surface area contributed by atoms with Crippen molar-refractivity contribution >= 4 is 5.91 Å². The molecular weight excluding hydrogens is 222 g/mol. The van der Waals surface area contributed by atoms with Gasteiger partial charge in [-0.3, -0.25) is 4.79 Å². The zero-order valence-corrected chi connectivity index (χ0v) is 10.2. The van der Waals surface area contributed by atoms with Crippen LogP contribution in [0.5, 0.6) is 11.5 Å². The number of nitrogens with zero attached hydrogens (tertiary/aromatic N) is 1. The maximum absolute atomic E-state index is 12.0. The first kappa shape index (κ1) is 13.3. The van der Waals surface area contributed by atoms with Crippen molar-refractivity contribution in [3.8, 4) is 11.5 Å². The Morgan fingerprint density at radius 1 is 1.53 bits per heavy atom. The Labute approximate surface area is 100 Å². The first-order chi connectivity index (χ1) is 8.02. The smallest absolute Gasteiger partial charge is 0.257 e. The summed E-state index contributed by atoms with van der Waals surface area (Å²) in [7, 11) is 2.99. The minimum absolute atomic E-state index is 0.132. The molecule has 17 heavy (non-hydrogen) atoms. The summed E-state index contributed by atoms with van der Waals surface area (Å²) < 4.78 is 4.93. The third kappa shape index (κ3) is 2.68. The van der Waals surface area contributed by atoms with Crippen molar-refractivity contribution in [1.29, 1.82) is 0 Å². The summed E-state index contributed by atoms with van der Waals surface area (Å²) in [4.78, 5) is 13.4. The molecule has 0 radical (unpaired) electrons. The van der Waals surface area contributed by atoms with E-state index in [0.717, 1.165) is 0 Å². The zero-order valence-electron chi connectivity index (χ0n) is 10.2. The molecule has 0 saturated heterocycles. The molecule has 0 bridgehead atoms. The number of phenols is 1. The lowest BCUT2D eigenvalue weighted by atomic mass is 10.1. The number of amides is 1. The molecule has 94 valence electrons. The van der Waals surface area contributed by atoms with Gasteiger partial charge in [0.2, 0.25) is 0 Å². The third-order valence-electron chi connectivity index (χ3n) is 2.70. The summed E-state index contributed by atoms with van der Waals surface area (Å²) in [6, 6.07) is 4.40. The fraction of sp³-hybridized carbons (Fsp3) is 0.417. The quantitative estimate of drug-likeness (QED) is 0.817. The number of hydrogen-bond donors (Lipinski definition) is 2. The number of para-hydroxylation sites is 1. The molecule has 0 aliphatic rings. The molecule has 1 aromatic rings. The van der Waals surface area contributed by atoms with Gasteiger partial charge in [-0.05, 0) is 19.1 Å². The summed E-state index contributed by atoms with van der Waals surface area (Å²) >= 11 is 0. The van der Waals surface area contributed by atoms with E-state index in [0.29, 0.717) is 0 Å². The molecule has 1 unspecified atom stereocenters. The molecule has 1 amide bonds. The molecule has 1 aromatic carbocycles. The summed E-state index contributed by atoms with van der Waals surface area (Å²) in [6.07, 6.45) is 0. The van der Waals surface area contributed by atoms with Crippen molar-refractivity contribution in [2.45, 2.75) is 13.0 Å². The van der Waals surface area contributed by atoms with E-state index in [9.17, 15) is 9.90 Å². The van der Waals surface area contributed by atoms with Gasteiger partial charge in [0.25, 0.3) is 5.91 Å². The number of ether oxygens (including phenoxy) is 1. The van der Waals surface area contributed by atoms with Crippen LogP contribution in [0, 0.1) is 0 Å². The van der Waals surface area contributed by atoms with Crippen LogP contribution in [0.15, 0.2) is 18.2 Å². The van der Waals surface area contributed by atoms with Gasteiger partial charge in [0.15, 0.2) is 11.5 Å². The lowest BCUT2D eigenvalue weighted by Crippen LogP contribution is -2.37. The summed E-state index contributed by atoms with van der Waals surface area (Å²) in [5.41, 5.74) is 0.159. The molecule has 0 aromatic heterocycles. The van der Waals surface area contributed by atoms with Crippen molar-refractivity contribution in [2.24, 2.45) is 0 Å². The van der Waals surface area contributed by atoms with Crippen LogP contribution in [0.4, 0.5) is 0 Å². The van der Waals surface area contributed by atoms with Gasteiger partial charge in [0.1, 0.15) is 0 Å². The Morgan fingerprint density at radius 2 is 2.18 bits per heavy atom. The molecule has 0 aliphatic heterocycles. The summed E-state index contributed by atoms with van der Waals surface area (Å²) in [5.74, 6) is -0.291. The topological polar surface area (TPSA) is 70.0 Å². The van der Waals surface area contributed by atoms with Crippen molar-refractivity contribution < 1.29 is 19.7 Å². The summed E-state index contributed by atoms with van der Waals surface area (Å²) in [6.45, 7) is 1.59. The normalized spacial score (nSPS) is 12.0. The number of hydrogen-bond acceptors (Lipinski definition) is 4. The van der Waals surface area contributed by atoms with Crippen molar-refractivity contribution in [3.63, 3.8) is 0 Å². The van der Waals surface area contributed by atoms with Crippen LogP contribution in [-0.2, 0) is 0 Å². The predicted molar refractivity (Wildman–Crippen MR) is 63.3 cm³/mol. The number of aliphatic hydroxyl groups excluding tert-OH is 1. The fourth-order valence-electron chi connectivity index (χ4n) is 1.37. The zero-order chi connectivity index (χ0) is 13.0. The third-order valence-corrected chi connectivity index (χ3v) is 2.70. The molecule has 2 N–H and O–H groups in total. The number of likely N-dealkylation sites (N-methyl/N-ethyl adjacent to an activating group) is 1. The van der Waals surface area contributed by atoms with E-state index in [1.54, 1.807) is 26.1 Å². The van der Waals surface area contributed by atoms with Gasteiger partial charge in [-0.1, -0.05) is 6.07 Å². The number of aliphatic hydroxyl groups is 1. The Balaban J connectivity index is 3.04.